The van der Waals surface area contributed by atoms with Gasteiger partial charge in [-0.25, -0.2) is 0 Å². The van der Waals surface area contributed by atoms with Crippen molar-refractivity contribution in [3.63, 3.8) is 0 Å². The summed E-state index contributed by atoms with van der Waals surface area (Å²) in [5.74, 6) is 0. The number of rotatable bonds is 6. The van der Waals surface area contributed by atoms with E-state index in [1.165, 1.54) is 90.8 Å². The molecule has 20 heavy (non-hydrogen) atoms. The molecule has 3 heteroatoms. The largest absolute Gasteiger partial charge is 0.316 e. The Morgan fingerprint density at radius 3 is 2.50 bits per heavy atom. The Kier molecular flexibility index (Phi) is 6.79. The first-order chi connectivity index (χ1) is 9.74. The smallest absolute Gasteiger partial charge is 0.0109 e. The average molecular weight is 281 g/mol. The van der Waals surface area contributed by atoms with E-state index in [0.29, 0.717) is 5.41 Å². The monoisotopic (exact) mass is 281 g/mol. The molecular formula is C17H35N3. The van der Waals surface area contributed by atoms with Gasteiger partial charge in [0.25, 0.3) is 0 Å². The Hall–Kier alpha value is -0.120. The van der Waals surface area contributed by atoms with E-state index >= 15 is 0 Å². The van der Waals surface area contributed by atoms with Crippen LogP contribution >= 0.6 is 0 Å². The van der Waals surface area contributed by atoms with Crippen molar-refractivity contribution in [1.82, 2.24) is 15.1 Å². The van der Waals surface area contributed by atoms with Gasteiger partial charge >= 0.3 is 0 Å². The number of hydrogen-bond donors (Lipinski definition) is 1. The minimum atomic E-state index is 0.566. The molecule has 0 amide bonds. The SMILES string of the molecule is CCCNCC1(CN2CCCN(C)CC2)CCCCC1. The van der Waals surface area contributed by atoms with Gasteiger partial charge in [-0.15, -0.1) is 0 Å². The van der Waals surface area contributed by atoms with Crippen LogP contribution in [0.15, 0.2) is 0 Å². The summed E-state index contributed by atoms with van der Waals surface area (Å²) in [4.78, 5) is 5.24. The van der Waals surface area contributed by atoms with Crippen LogP contribution in [0.4, 0.5) is 0 Å². The first-order valence-electron chi connectivity index (χ1n) is 8.86. The van der Waals surface area contributed by atoms with Gasteiger partial charge in [-0.2, -0.15) is 0 Å². The number of nitrogens with zero attached hydrogens (tertiary/aromatic N) is 2. The van der Waals surface area contributed by atoms with Crippen LogP contribution in [0.5, 0.6) is 0 Å². The quantitative estimate of drug-likeness (QED) is 0.755. The van der Waals surface area contributed by atoms with Gasteiger partial charge in [0.15, 0.2) is 0 Å². The Morgan fingerprint density at radius 2 is 1.75 bits per heavy atom. The summed E-state index contributed by atoms with van der Waals surface area (Å²) in [5, 5.41) is 3.72. The van der Waals surface area contributed by atoms with Gasteiger partial charge in [0.05, 0.1) is 0 Å². The molecule has 1 aliphatic heterocycles. The zero-order valence-corrected chi connectivity index (χ0v) is 13.8. The fraction of sp³-hybridized carbons (Fsp3) is 1.00. The van der Waals surface area contributed by atoms with Gasteiger partial charge in [0.2, 0.25) is 0 Å². The molecule has 0 radical (unpaired) electrons. The molecular weight excluding hydrogens is 246 g/mol. The van der Waals surface area contributed by atoms with E-state index in [9.17, 15) is 0 Å². The molecule has 0 atom stereocenters. The lowest BCUT2D eigenvalue weighted by molar-refractivity contribution is 0.105. The molecule has 1 N–H and O–H groups in total. The molecule has 1 heterocycles. The van der Waals surface area contributed by atoms with Gasteiger partial charge in [0, 0.05) is 26.2 Å². The van der Waals surface area contributed by atoms with E-state index in [1.807, 2.05) is 0 Å². The van der Waals surface area contributed by atoms with Crippen molar-refractivity contribution in [2.75, 3.05) is 52.9 Å². The third-order valence-corrected chi connectivity index (χ3v) is 5.21. The van der Waals surface area contributed by atoms with Crippen LogP contribution in [0.3, 0.4) is 0 Å². The second-order valence-corrected chi connectivity index (χ2v) is 7.17. The van der Waals surface area contributed by atoms with Crippen molar-refractivity contribution in [3.8, 4) is 0 Å². The number of nitrogens with one attached hydrogen (secondary N) is 1. The van der Waals surface area contributed by atoms with Crippen molar-refractivity contribution in [2.45, 2.75) is 51.9 Å². The van der Waals surface area contributed by atoms with Gasteiger partial charge in [-0.3, -0.25) is 0 Å². The summed E-state index contributed by atoms with van der Waals surface area (Å²) >= 11 is 0. The van der Waals surface area contributed by atoms with Crippen LogP contribution in [0.2, 0.25) is 0 Å². The molecule has 0 unspecified atom stereocenters. The van der Waals surface area contributed by atoms with Gasteiger partial charge in [-0.05, 0) is 57.8 Å². The summed E-state index contributed by atoms with van der Waals surface area (Å²) in [6.07, 6.45) is 9.83. The lowest BCUT2D eigenvalue weighted by Crippen LogP contribution is -2.46. The molecule has 0 aromatic heterocycles. The number of hydrogen-bond acceptors (Lipinski definition) is 3. The minimum Gasteiger partial charge on any atom is -0.316 e. The Balaban J connectivity index is 1.88. The van der Waals surface area contributed by atoms with Gasteiger partial charge in [-0.1, -0.05) is 26.2 Å². The molecule has 1 saturated carbocycles. The Labute approximate surface area is 126 Å². The maximum Gasteiger partial charge on any atom is 0.0109 e. The highest BCUT2D eigenvalue weighted by Crippen LogP contribution is 2.36. The van der Waals surface area contributed by atoms with E-state index in [1.54, 1.807) is 0 Å². The molecule has 1 saturated heterocycles. The zero-order chi connectivity index (χ0) is 14.3. The first kappa shape index (κ1) is 16.3. The minimum absolute atomic E-state index is 0.566. The van der Waals surface area contributed by atoms with E-state index < -0.39 is 0 Å². The maximum absolute atomic E-state index is 3.72. The fourth-order valence-corrected chi connectivity index (χ4v) is 3.96. The molecule has 1 aliphatic carbocycles. The van der Waals surface area contributed by atoms with Crippen LogP contribution in [-0.2, 0) is 0 Å². The highest BCUT2D eigenvalue weighted by atomic mass is 15.2. The van der Waals surface area contributed by atoms with E-state index in [4.69, 9.17) is 0 Å². The summed E-state index contributed by atoms with van der Waals surface area (Å²) < 4.78 is 0. The number of likely N-dealkylation sites (N-methyl/N-ethyl adjacent to an activating group) is 1. The Morgan fingerprint density at radius 1 is 0.950 bits per heavy atom. The molecule has 2 fully saturated rings. The summed E-state index contributed by atoms with van der Waals surface area (Å²) in [6.45, 7) is 11.1. The van der Waals surface area contributed by atoms with Crippen LogP contribution in [0.1, 0.15) is 51.9 Å². The molecule has 0 bridgehead atoms. The highest BCUT2D eigenvalue weighted by molar-refractivity contribution is 4.88. The molecule has 0 aromatic carbocycles. The topological polar surface area (TPSA) is 18.5 Å². The van der Waals surface area contributed by atoms with Crippen molar-refractivity contribution in [1.29, 1.82) is 0 Å². The van der Waals surface area contributed by atoms with Crippen LogP contribution < -0.4 is 5.32 Å². The average Bonchev–Trinajstić information content (AvgIpc) is 2.65. The van der Waals surface area contributed by atoms with Crippen LogP contribution in [0.25, 0.3) is 0 Å². The lowest BCUT2D eigenvalue weighted by atomic mass is 9.73. The Bertz CT molecular complexity index is 261. The second kappa shape index (κ2) is 8.35. The second-order valence-electron chi connectivity index (χ2n) is 7.17. The predicted octanol–water partition coefficient (Wildman–Crippen LogP) is 2.57. The fourth-order valence-electron chi connectivity index (χ4n) is 3.96. The molecule has 118 valence electrons. The third kappa shape index (κ3) is 5.01. The molecule has 0 aromatic rings. The van der Waals surface area contributed by atoms with E-state index in [0.717, 1.165) is 0 Å². The van der Waals surface area contributed by atoms with Crippen LogP contribution in [-0.4, -0.2) is 62.7 Å². The third-order valence-electron chi connectivity index (χ3n) is 5.21. The van der Waals surface area contributed by atoms with Crippen LogP contribution in [0, 0.1) is 5.41 Å². The van der Waals surface area contributed by atoms with Gasteiger partial charge in [0.1, 0.15) is 0 Å². The zero-order valence-electron chi connectivity index (χ0n) is 13.8. The van der Waals surface area contributed by atoms with E-state index in [-0.39, 0.29) is 0 Å². The summed E-state index contributed by atoms with van der Waals surface area (Å²) in [7, 11) is 2.27. The predicted molar refractivity (Wildman–Crippen MR) is 87.2 cm³/mol. The summed E-state index contributed by atoms with van der Waals surface area (Å²) in [5.41, 5.74) is 0.566. The van der Waals surface area contributed by atoms with Crippen molar-refractivity contribution < 1.29 is 0 Å². The lowest BCUT2D eigenvalue weighted by Gasteiger charge is -2.41. The van der Waals surface area contributed by atoms with Gasteiger partial charge < -0.3 is 15.1 Å². The van der Waals surface area contributed by atoms with Crippen molar-refractivity contribution in [3.05, 3.63) is 0 Å². The summed E-state index contributed by atoms with van der Waals surface area (Å²) in [6, 6.07) is 0. The normalized spacial score (nSPS) is 25.5. The highest BCUT2D eigenvalue weighted by Gasteiger charge is 2.33. The standard InChI is InChI=1S/C17H35N3/c1-3-10-18-15-17(8-5-4-6-9-17)16-20-12-7-11-19(2)13-14-20/h18H,3-16H2,1-2H3. The molecule has 2 rings (SSSR count). The maximum atomic E-state index is 3.72. The van der Waals surface area contributed by atoms with Crippen molar-refractivity contribution >= 4 is 0 Å². The molecule has 0 spiro atoms. The molecule has 3 nitrogen and oxygen atoms in total. The van der Waals surface area contributed by atoms with Crippen molar-refractivity contribution in [2.24, 2.45) is 5.41 Å². The molecule has 2 aliphatic rings. The first-order valence-corrected chi connectivity index (χ1v) is 8.86. The van der Waals surface area contributed by atoms with E-state index in [2.05, 4.69) is 29.1 Å².